The fraction of sp³-hybridized carbons (Fsp3) is 0.304. The van der Waals surface area contributed by atoms with Gasteiger partial charge in [-0.3, -0.25) is 14.5 Å². The normalized spacial score (nSPS) is 16.7. The summed E-state index contributed by atoms with van der Waals surface area (Å²) in [6, 6.07) is 13.3. The van der Waals surface area contributed by atoms with Gasteiger partial charge in [0, 0.05) is 25.0 Å². The molecule has 1 aromatic carbocycles. The second kappa shape index (κ2) is 9.09. The maximum absolute atomic E-state index is 12.7. The summed E-state index contributed by atoms with van der Waals surface area (Å²) in [6.45, 7) is 4.26. The summed E-state index contributed by atoms with van der Waals surface area (Å²) < 4.78 is 1.65. The van der Waals surface area contributed by atoms with E-state index in [0.717, 1.165) is 37.2 Å². The molecule has 3 heterocycles. The molecule has 1 atom stereocenters. The van der Waals surface area contributed by atoms with Crippen LogP contribution in [0.25, 0.3) is 5.82 Å². The van der Waals surface area contributed by atoms with Gasteiger partial charge in [0.25, 0.3) is 5.91 Å². The molecule has 0 saturated carbocycles. The number of carbonyl (C=O) groups is 2. The molecule has 0 bridgehead atoms. The van der Waals surface area contributed by atoms with Crippen molar-refractivity contribution in [2.45, 2.75) is 26.3 Å². The number of amides is 2. The first kappa shape index (κ1) is 20.7. The summed E-state index contributed by atoms with van der Waals surface area (Å²) >= 11 is 0. The molecule has 1 aliphatic rings. The van der Waals surface area contributed by atoms with Crippen LogP contribution in [-0.2, 0) is 11.3 Å². The predicted molar refractivity (Wildman–Crippen MR) is 118 cm³/mol. The zero-order valence-electron chi connectivity index (χ0n) is 17.5. The number of benzene rings is 1. The monoisotopic (exact) mass is 418 g/mol. The molecule has 3 aromatic rings. The van der Waals surface area contributed by atoms with Crippen LogP contribution in [0.2, 0.25) is 0 Å². The quantitative estimate of drug-likeness (QED) is 0.640. The van der Waals surface area contributed by atoms with Crippen LogP contribution in [-0.4, -0.2) is 44.6 Å². The van der Waals surface area contributed by atoms with E-state index >= 15 is 0 Å². The SMILES string of the molecule is Cc1c(C(=O)Nc2ccc(CN3CCCC(C(N)=O)C3)cc2)cnn1-c1ccccn1. The molecule has 4 rings (SSSR count). The lowest BCUT2D eigenvalue weighted by molar-refractivity contribution is -0.123. The number of nitrogens with two attached hydrogens (primary N) is 1. The van der Waals surface area contributed by atoms with Gasteiger partial charge < -0.3 is 11.1 Å². The van der Waals surface area contributed by atoms with Gasteiger partial charge in [0.1, 0.15) is 0 Å². The lowest BCUT2D eigenvalue weighted by Crippen LogP contribution is -2.40. The third kappa shape index (κ3) is 4.80. The van der Waals surface area contributed by atoms with Crippen molar-refractivity contribution < 1.29 is 9.59 Å². The number of rotatable bonds is 6. The number of hydrogen-bond acceptors (Lipinski definition) is 5. The Hall–Kier alpha value is -3.52. The lowest BCUT2D eigenvalue weighted by atomic mass is 9.97. The fourth-order valence-electron chi connectivity index (χ4n) is 3.92. The number of primary amides is 1. The molecule has 3 N–H and O–H groups in total. The molecule has 2 amide bonds. The summed E-state index contributed by atoms with van der Waals surface area (Å²) in [7, 11) is 0. The number of carbonyl (C=O) groups excluding carboxylic acids is 2. The smallest absolute Gasteiger partial charge is 0.259 e. The van der Waals surface area contributed by atoms with Gasteiger partial charge in [-0.25, -0.2) is 9.67 Å². The second-order valence-corrected chi connectivity index (χ2v) is 7.87. The number of piperidine rings is 1. The van der Waals surface area contributed by atoms with Crippen molar-refractivity contribution in [2.24, 2.45) is 11.7 Å². The van der Waals surface area contributed by atoms with Crippen LogP contribution in [0.3, 0.4) is 0 Å². The highest BCUT2D eigenvalue weighted by Crippen LogP contribution is 2.20. The van der Waals surface area contributed by atoms with Crippen LogP contribution in [0, 0.1) is 12.8 Å². The highest BCUT2D eigenvalue weighted by Gasteiger charge is 2.23. The van der Waals surface area contributed by atoms with Gasteiger partial charge in [0.05, 0.1) is 23.4 Å². The number of aromatic nitrogens is 3. The minimum Gasteiger partial charge on any atom is -0.369 e. The van der Waals surface area contributed by atoms with Crippen molar-refractivity contribution >= 4 is 17.5 Å². The van der Waals surface area contributed by atoms with Crippen molar-refractivity contribution in [3.63, 3.8) is 0 Å². The van der Waals surface area contributed by atoms with E-state index in [1.54, 1.807) is 17.1 Å². The first-order valence-electron chi connectivity index (χ1n) is 10.4. The van der Waals surface area contributed by atoms with Crippen molar-refractivity contribution in [1.82, 2.24) is 19.7 Å². The maximum Gasteiger partial charge on any atom is 0.259 e. The van der Waals surface area contributed by atoms with Gasteiger partial charge in [0.2, 0.25) is 5.91 Å². The predicted octanol–water partition coefficient (Wildman–Crippen LogP) is 2.53. The molecule has 2 aromatic heterocycles. The molecule has 1 aliphatic heterocycles. The molecule has 1 saturated heterocycles. The topological polar surface area (TPSA) is 106 Å². The average molecular weight is 419 g/mol. The van der Waals surface area contributed by atoms with Crippen molar-refractivity contribution in [1.29, 1.82) is 0 Å². The van der Waals surface area contributed by atoms with Crippen LogP contribution in [0.4, 0.5) is 5.69 Å². The number of likely N-dealkylation sites (tertiary alicyclic amines) is 1. The van der Waals surface area contributed by atoms with Crippen molar-refractivity contribution in [3.05, 3.63) is 71.7 Å². The molecule has 160 valence electrons. The Balaban J connectivity index is 1.39. The van der Waals surface area contributed by atoms with Gasteiger partial charge in [-0.2, -0.15) is 5.10 Å². The fourth-order valence-corrected chi connectivity index (χ4v) is 3.92. The number of nitrogens with zero attached hydrogens (tertiary/aromatic N) is 4. The van der Waals surface area contributed by atoms with Crippen LogP contribution in [0.1, 0.15) is 34.5 Å². The zero-order valence-corrected chi connectivity index (χ0v) is 17.5. The summed E-state index contributed by atoms with van der Waals surface area (Å²) in [4.78, 5) is 30.7. The number of hydrogen-bond donors (Lipinski definition) is 2. The Morgan fingerprint density at radius 2 is 2.00 bits per heavy atom. The van der Waals surface area contributed by atoms with Gasteiger partial charge in [-0.1, -0.05) is 18.2 Å². The average Bonchev–Trinajstić information content (AvgIpc) is 3.17. The summed E-state index contributed by atoms with van der Waals surface area (Å²) in [5.41, 5.74) is 8.53. The van der Waals surface area contributed by atoms with Crippen molar-refractivity contribution in [3.8, 4) is 5.82 Å². The number of nitrogens with one attached hydrogen (secondary N) is 1. The van der Waals surface area contributed by atoms with E-state index in [1.807, 2.05) is 49.4 Å². The molecular formula is C23H26N6O2. The number of pyridine rings is 1. The van der Waals surface area contributed by atoms with E-state index in [2.05, 4.69) is 20.3 Å². The van der Waals surface area contributed by atoms with Gasteiger partial charge in [-0.15, -0.1) is 0 Å². The molecule has 1 unspecified atom stereocenters. The van der Waals surface area contributed by atoms with E-state index < -0.39 is 0 Å². The van der Waals surface area contributed by atoms with Crippen LogP contribution < -0.4 is 11.1 Å². The Morgan fingerprint density at radius 1 is 1.19 bits per heavy atom. The van der Waals surface area contributed by atoms with E-state index in [-0.39, 0.29) is 17.7 Å². The summed E-state index contributed by atoms with van der Waals surface area (Å²) in [6.07, 6.45) is 5.09. The molecule has 1 fully saturated rings. The molecule has 0 spiro atoms. The molecule has 0 aliphatic carbocycles. The van der Waals surface area contributed by atoms with Crippen LogP contribution in [0.5, 0.6) is 0 Å². The molecule has 31 heavy (non-hydrogen) atoms. The Kier molecular flexibility index (Phi) is 6.08. The Bertz CT molecular complexity index is 1060. The molecular weight excluding hydrogens is 392 g/mol. The van der Waals surface area contributed by atoms with Crippen molar-refractivity contribution in [2.75, 3.05) is 18.4 Å². The van der Waals surface area contributed by atoms with Crippen LogP contribution in [0.15, 0.2) is 54.9 Å². The largest absolute Gasteiger partial charge is 0.369 e. The van der Waals surface area contributed by atoms with E-state index in [9.17, 15) is 9.59 Å². The first-order valence-corrected chi connectivity index (χ1v) is 10.4. The molecule has 8 heteroatoms. The van der Waals surface area contributed by atoms with Gasteiger partial charge >= 0.3 is 0 Å². The van der Waals surface area contributed by atoms with Crippen LogP contribution >= 0.6 is 0 Å². The minimum absolute atomic E-state index is 0.0671. The van der Waals surface area contributed by atoms with E-state index in [0.29, 0.717) is 23.6 Å². The third-order valence-corrected chi connectivity index (χ3v) is 5.65. The summed E-state index contributed by atoms with van der Waals surface area (Å²) in [5.74, 6) is 0.166. The van der Waals surface area contributed by atoms with E-state index in [4.69, 9.17) is 5.73 Å². The number of anilines is 1. The standard InChI is InChI=1S/C23H26N6O2/c1-16-20(13-26-29(16)21-6-2-3-11-25-21)23(31)27-19-9-7-17(8-10-19)14-28-12-4-5-18(15-28)22(24)30/h2-3,6-11,13,18H,4-5,12,14-15H2,1H3,(H2,24,30)(H,27,31). The highest BCUT2D eigenvalue weighted by molar-refractivity contribution is 6.04. The third-order valence-electron chi connectivity index (χ3n) is 5.65. The van der Waals surface area contributed by atoms with Gasteiger partial charge in [-0.05, 0) is 56.1 Å². The highest BCUT2D eigenvalue weighted by atomic mass is 16.2. The zero-order chi connectivity index (χ0) is 21.8. The first-order chi connectivity index (χ1) is 15.0. The molecule has 0 radical (unpaired) electrons. The lowest BCUT2D eigenvalue weighted by Gasteiger charge is -2.31. The maximum atomic E-state index is 12.7. The van der Waals surface area contributed by atoms with Gasteiger partial charge in [0.15, 0.2) is 5.82 Å². The molecule has 8 nitrogen and oxygen atoms in total. The second-order valence-electron chi connectivity index (χ2n) is 7.87. The Morgan fingerprint density at radius 3 is 2.71 bits per heavy atom. The van der Waals surface area contributed by atoms with E-state index in [1.165, 1.54) is 0 Å². The minimum atomic E-state index is -0.218. The Labute approximate surface area is 181 Å². The summed E-state index contributed by atoms with van der Waals surface area (Å²) in [5, 5.41) is 7.23.